The van der Waals surface area contributed by atoms with Crippen molar-refractivity contribution in [2.75, 3.05) is 53.1 Å². The molecule has 1 atom stereocenters. The third kappa shape index (κ3) is 4.99. The van der Waals surface area contributed by atoms with Crippen molar-refractivity contribution in [1.29, 1.82) is 0 Å². The van der Waals surface area contributed by atoms with Crippen LogP contribution in [0.4, 0.5) is 4.39 Å². The van der Waals surface area contributed by atoms with E-state index >= 15 is 0 Å². The van der Waals surface area contributed by atoms with Crippen molar-refractivity contribution in [2.24, 2.45) is 10.9 Å². The molecule has 0 radical (unpaired) electrons. The molecule has 0 bridgehead atoms. The summed E-state index contributed by atoms with van der Waals surface area (Å²) in [6, 6.07) is 6.93. The van der Waals surface area contributed by atoms with Crippen LogP contribution in [0.15, 0.2) is 29.3 Å². The van der Waals surface area contributed by atoms with Gasteiger partial charge in [-0.25, -0.2) is 4.39 Å². The number of nitrogens with one attached hydrogen (secondary N) is 1. The first-order valence-electron chi connectivity index (χ1n) is 10.0. The number of methoxy groups -OCH3 is 1. The van der Waals surface area contributed by atoms with Crippen LogP contribution < -0.4 is 5.32 Å². The van der Waals surface area contributed by atoms with Crippen LogP contribution in [0, 0.1) is 11.7 Å². The van der Waals surface area contributed by atoms with Gasteiger partial charge in [-0.2, -0.15) is 0 Å². The number of rotatable bonds is 6. The van der Waals surface area contributed by atoms with Crippen LogP contribution >= 0.6 is 0 Å². The van der Waals surface area contributed by atoms with E-state index in [-0.39, 0.29) is 11.2 Å². The second-order valence-electron chi connectivity index (χ2n) is 7.63. The van der Waals surface area contributed by atoms with Crippen molar-refractivity contribution in [3.05, 3.63) is 35.6 Å². The Balaban J connectivity index is 1.77. The zero-order valence-corrected chi connectivity index (χ0v) is 16.5. The highest BCUT2D eigenvalue weighted by Crippen LogP contribution is 2.35. The number of benzene rings is 1. The van der Waals surface area contributed by atoms with Crippen LogP contribution in [0.1, 0.15) is 31.7 Å². The van der Waals surface area contributed by atoms with Crippen LogP contribution in [0.2, 0.25) is 0 Å². The summed E-state index contributed by atoms with van der Waals surface area (Å²) in [5, 5.41) is 3.45. The predicted octanol–water partition coefficient (Wildman–Crippen LogP) is 2.81. The standard InChI is InChI=1S/C21H32FN3O2/c1-3-23-20(25-11-8-17(14-25)15-26-2)24-16-21(9-12-27-13-10-21)18-4-6-19(22)7-5-18/h4-7,17H,3,8-16H2,1-2H3,(H,23,24). The minimum atomic E-state index is -0.195. The molecule has 5 nitrogen and oxygen atoms in total. The average molecular weight is 378 g/mol. The molecule has 0 aromatic heterocycles. The van der Waals surface area contributed by atoms with Crippen LogP contribution in [-0.4, -0.2) is 64.0 Å². The van der Waals surface area contributed by atoms with E-state index in [4.69, 9.17) is 14.5 Å². The summed E-state index contributed by atoms with van der Waals surface area (Å²) < 4.78 is 24.3. The van der Waals surface area contributed by atoms with Crippen LogP contribution in [-0.2, 0) is 14.9 Å². The number of guanidine groups is 1. The average Bonchev–Trinajstić information content (AvgIpc) is 3.15. The molecule has 6 heteroatoms. The molecule has 0 spiro atoms. The fraction of sp³-hybridized carbons (Fsp3) is 0.667. The minimum Gasteiger partial charge on any atom is -0.384 e. The van der Waals surface area contributed by atoms with Gasteiger partial charge in [0.05, 0.1) is 13.2 Å². The highest BCUT2D eigenvalue weighted by Gasteiger charge is 2.35. The first kappa shape index (κ1) is 20.1. The Labute approximate surface area is 161 Å². The van der Waals surface area contributed by atoms with E-state index in [0.29, 0.717) is 12.5 Å². The Kier molecular flexibility index (Phi) is 7.07. The summed E-state index contributed by atoms with van der Waals surface area (Å²) in [7, 11) is 1.76. The van der Waals surface area contributed by atoms with E-state index in [1.807, 2.05) is 12.1 Å². The van der Waals surface area contributed by atoms with E-state index in [1.165, 1.54) is 0 Å². The topological polar surface area (TPSA) is 46.1 Å². The lowest BCUT2D eigenvalue weighted by Crippen LogP contribution is -2.43. The summed E-state index contributed by atoms with van der Waals surface area (Å²) in [5.41, 5.74) is 1.07. The van der Waals surface area contributed by atoms with Crippen molar-refractivity contribution in [2.45, 2.75) is 31.6 Å². The molecule has 2 saturated heterocycles. The molecule has 2 aliphatic rings. The van der Waals surface area contributed by atoms with E-state index in [2.05, 4.69) is 17.1 Å². The quantitative estimate of drug-likeness (QED) is 0.612. The van der Waals surface area contributed by atoms with Crippen molar-refractivity contribution < 1.29 is 13.9 Å². The largest absolute Gasteiger partial charge is 0.384 e. The highest BCUT2D eigenvalue weighted by atomic mass is 19.1. The smallest absolute Gasteiger partial charge is 0.193 e. The van der Waals surface area contributed by atoms with E-state index in [1.54, 1.807) is 19.2 Å². The molecule has 2 fully saturated rings. The molecule has 2 aliphatic heterocycles. The number of hydrogen-bond acceptors (Lipinski definition) is 3. The molecule has 1 unspecified atom stereocenters. The zero-order chi connectivity index (χ0) is 19.1. The van der Waals surface area contributed by atoms with Crippen molar-refractivity contribution in [3.63, 3.8) is 0 Å². The maximum Gasteiger partial charge on any atom is 0.193 e. The first-order valence-corrected chi connectivity index (χ1v) is 10.0. The first-order chi connectivity index (χ1) is 13.2. The monoisotopic (exact) mass is 377 g/mol. The Morgan fingerprint density at radius 1 is 1.33 bits per heavy atom. The van der Waals surface area contributed by atoms with Gasteiger partial charge in [0.2, 0.25) is 0 Å². The molecule has 150 valence electrons. The molecular formula is C21H32FN3O2. The summed E-state index contributed by atoms with van der Waals surface area (Å²) in [6.07, 6.45) is 2.96. The van der Waals surface area contributed by atoms with Gasteiger partial charge >= 0.3 is 0 Å². The second-order valence-corrected chi connectivity index (χ2v) is 7.63. The number of aliphatic imine (C=N–C) groups is 1. The van der Waals surface area contributed by atoms with Gasteiger partial charge in [0, 0.05) is 51.3 Å². The van der Waals surface area contributed by atoms with Gasteiger partial charge in [-0.15, -0.1) is 0 Å². The molecule has 0 saturated carbocycles. The molecular weight excluding hydrogens is 345 g/mol. The summed E-state index contributed by atoms with van der Waals surface area (Å²) in [4.78, 5) is 7.36. The Bertz CT molecular complexity index is 614. The van der Waals surface area contributed by atoms with Gasteiger partial charge in [-0.3, -0.25) is 4.99 Å². The number of ether oxygens (including phenoxy) is 2. The lowest BCUT2D eigenvalue weighted by atomic mass is 9.74. The second kappa shape index (κ2) is 9.51. The Morgan fingerprint density at radius 2 is 2.07 bits per heavy atom. The van der Waals surface area contributed by atoms with E-state index in [0.717, 1.165) is 70.2 Å². The SMILES string of the molecule is CCNC(=NCC1(c2ccc(F)cc2)CCOCC1)N1CCC(COC)C1. The molecule has 3 rings (SSSR count). The number of halogens is 1. The third-order valence-electron chi connectivity index (χ3n) is 5.76. The fourth-order valence-corrected chi connectivity index (χ4v) is 4.15. The lowest BCUT2D eigenvalue weighted by Gasteiger charge is -2.37. The zero-order valence-electron chi connectivity index (χ0n) is 16.5. The van der Waals surface area contributed by atoms with E-state index in [9.17, 15) is 4.39 Å². The van der Waals surface area contributed by atoms with Crippen LogP contribution in [0.5, 0.6) is 0 Å². The fourth-order valence-electron chi connectivity index (χ4n) is 4.15. The highest BCUT2D eigenvalue weighted by molar-refractivity contribution is 5.80. The van der Waals surface area contributed by atoms with Crippen LogP contribution in [0.3, 0.4) is 0 Å². The minimum absolute atomic E-state index is 0.0850. The molecule has 0 amide bonds. The molecule has 2 heterocycles. The number of nitrogens with zero attached hydrogens (tertiary/aromatic N) is 2. The molecule has 0 aliphatic carbocycles. The Morgan fingerprint density at radius 3 is 2.74 bits per heavy atom. The van der Waals surface area contributed by atoms with Gasteiger partial charge in [0.15, 0.2) is 5.96 Å². The maximum absolute atomic E-state index is 13.4. The van der Waals surface area contributed by atoms with Crippen LogP contribution in [0.25, 0.3) is 0 Å². The Hall–Kier alpha value is -1.66. The van der Waals surface area contributed by atoms with Gasteiger partial charge in [-0.1, -0.05) is 12.1 Å². The van der Waals surface area contributed by atoms with Crippen molar-refractivity contribution >= 4 is 5.96 Å². The number of likely N-dealkylation sites (tertiary alicyclic amines) is 1. The van der Waals surface area contributed by atoms with Gasteiger partial charge < -0.3 is 19.7 Å². The van der Waals surface area contributed by atoms with Gasteiger partial charge in [-0.05, 0) is 43.9 Å². The molecule has 27 heavy (non-hydrogen) atoms. The van der Waals surface area contributed by atoms with E-state index < -0.39 is 0 Å². The normalized spacial score (nSPS) is 22.9. The van der Waals surface area contributed by atoms with Gasteiger partial charge in [0.1, 0.15) is 5.82 Å². The van der Waals surface area contributed by atoms with Crippen molar-refractivity contribution in [1.82, 2.24) is 10.2 Å². The molecule has 1 aromatic rings. The van der Waals surface area contributed by atoms with Gasteiger partial charge in [0.25, 0.3) is 0 Å². The van der Waals surface area contributed by atoms with Crippen molar-refractivity contribution in [3.8, 4) is 0 Å². The molecule has 1 N–H and O–H groups in total. The number of hydrogen-bond donors (Lipinski definition) is 1. The third-order valence-corrected chi connectivity index (χ3v) is 5.76. The predicted molar refractivity (Wildman–Crippen MR) is 106 cm³/mol. The lowest BCUT2D eigenvalue weighted by molar-refractivity contribution is 0.0530. The summed E-state index contributed by atoms with van der Waals surface area (Å²) in [5.74, 6) is 1.34. The molecule has 1 aromatic carbocycles. The maximum atomic E-state index is 13.4. The summed E-state index contributed by atoms with van der Waals surface area (Å²) in [6.45, 7) is 7.87. The summed E-state index contributed by atoms with van der Waals surface area (Å²) >= 11 is 0.